The number of rotatable bonds is 0. The van der Waals surface area contributed by atoms with Crippen molar-refractivity contribution >= 4 is 0 Å². The Morgan fingerprint density at radius 2 is 2.33 bits per heavy atom. The molecule has 0 aromatic carbocycles. The minimum atomic E-state index is 0.161. The minimum absolute atomic E-state index is 0.161. The van der Waals surface area contributed by atoms with E-state index in [-0.39, 0.29) is 5.41 Å². The van der Waals surface area contributed by atoms with Gasteiger partial charge in [0.05, 0.1) is 12.0 Å². The first-order valence-electron chi connectivity index (χ1n) is 3.28. The predicted molar refractivity (Wildman–Crippen MR) is 37.0 cm³/mol. The molecular weight excluding hydrogens is 112 g/mol. The quantitative estimate of drug-likeness (QED) is 0.444. The number of hydrogen-bond donors (Lipinski definition) is 0. The van der Waals surface area contributed by atoms with Crippen LogP contribution in [-0.4, -0.2) is 13.2 Å². The van der Waals surface area contributed by atoms with E-state index in [9.17, 15) is 0 Å². The first-order chi connectivity index (χ1) is 4.27. The van der Waals surface area contributed by atoms with Gasteiger partial charge in [-0.25, -0.2) is 0 Å². The lowest BCUT2D eigenvalue weighted by molar-refractivity contribution is 0.177. The maximum absolute atomic E-state index is 5.21. The molecule has 1 nitrogen and oxygen atoms in total. The fourth-order valence-corrected chi connectivity index (χ4v) is 1.07. The Morgan fingerprint density at radius 1 is 1.56 bits per heavy atom. The molecule has 0 spiro atoms. The van der Waals surface area contributed by atoms with Gasteiger partial charge in [0.15, 0.2) is 0 Å². The normalized spacial score (nSPS) is 33.6. The van der Waals surface area contributed by atoms with Crippen molar-refractivity contribution in [3.63, 3.8) is 0 Å². The summed E-state index contributed by atoms with van der Waals surface area (Å²) in [7, 11) is 0. The molecule has 50 valence electrons. The molecule has 0 radical (unpaired) electrons. The Morgan fingerprint density at radius 3 is 2.78 bits per heavy atom. The van der Waals surface area contributed by atoms with Crippen LogP contribution in [0, 0.1) is 17.3 Å². The van der Waals surface area contributed by atoms with Crippen LogP contribution >= 0.6 is 0 Å². The minimum Gasteiger partial charge on any atom is -0.380 e. The van der Waals surface area contributed by atoms with Gasteiger partial charge in [0, 0.05) is 6.61 Å². The molecule has 1 heteroatoms. The van der Waals surface area contributed by atoms with Crippen LogP contribution in [-0.2, 0) is 4.74 Å². The smallest absolute Gasteiger partial charge is 0.0630 e. The van der Waals surface area contributed by atoms with Crippen molar-refractivity contribution in [1.82, 2.24) is 0 Å². The van der Waals surface area contributed by atoms with Crippen LogP contribution in [0.1, 0.15) is 20.3 Å². The van der Waals surface area contributed by atoms with Crippen molar-refractivity contribution < 1.29 is 4.74 Å². The zero-order valence-corrected chi connectivity index (χ0v) is 6.03. The SMILES string of the molecule is CC#CC1(C)CCOC1. The van der Waals surface area contributed by atoms with Crippen LogP contribution in [0.2, 0.25) is 0 Å². The molecule has 1 unspecified atom stereocenters. The van der Waals surface area contributed by atoms with Crippen LogP contribution in [0.4, 0.5) is 0 Å². The fraction of sp³-hybridized carbons (Fsp3) is 0.750. The second-order valence-corrected chi connectivity index (χ2v) is 2.74. The summed E-state index contributed by atoms with van der Waals surface area (Å²) < 4.78 is 5.21. The first kappa shape index (κ1) is 6.64. The van der Waals surface area contributed by atoms with Crippen LogP contribution in [0.15, 0.2) is 0 Å². The first-order valence-corrected chi connectivity index (χ1v) is 3.28. The summed E-state index contributed by atoms with van der Waals surface area (Å²) in [4.78, 5) is 0. The van der Waals surface area contributed by atoms with E-state index in [1.54, 1.807) is 0 Å². The van der Waals surface area contributed by atoms with E-state index >= 15 is 0 Å². The van der Waals surface area contributed by atoms with E-state index in [2.05, 4.69) is 18.8 Å². The largest absolute Gasteiger partial charge is 0.380 e. The highest BCUT2D eigenvalue weighted by Gasteiger charge is 2.26. The van der Waals surface area contributed by atoms with Gasteiger partial charge in [-0.15, -0.1) is 5.92 Å². The molecule has 0 saturated carbocycles. The van der Waals surface area contributed by atoms with E-state index < -0.39 is 0 Å². The topological polar surface area (TPSA) is 9.23 Å². The van der Waals surface area contributed by atoms with Crippen molar-refractivity contribution in [2.75, 3.05) is 13.2 Å². The van der Waals surface area contributed by atoms with Gasteiger partial charge in [-0.1, -0.05) is 5.92 Å². The molecule has 0 bridgehead atoms. The monoisotopic (exact) mass is 124 g/mol. The zero-order valence-electron chi connectivity index (χ0n) is 6.03. The zero-order chi connectivity index (χ0) is 6.74. The Balaban J connectivity index is 2.58. The van der Waals surface area contributed by atoms with Crippen LogP contribution < -0.4 is 0 Å². The van der Waals surface area contributed by atoms with Gasteiger partial charge in [0.1, 0.15) is 0 Å². The molecular formula is C8H12O. The Labute approximate surface area is 56.4 Å². The molecule has 0 N–H and O–H groups in total. The molecule has 1 aliphatic rings. The van der Waals surface area contributed by atoms with Gasteiger partial charge in [-0.3, -0.25) is 0 Å². The Hall–Kier alpha value is -0.480. The van der Waals surface area contributed by atoms with Gasteiger partial charge in [-0.2, -0.15) is 0 Å². The second kappa shape index (κ2) is 2.41. The Kier molecular flexibility index (Phi) is 1.78. The summed E-state index contributed by atoms with van der Waals surface area (Å²) in [6, 6.07) is 0. The molecule has 1 saturated heterocycles. The third kappa shape index (κ3) is 1.46. The molecule has 0 aromatic rings. The van der Waals surface area contributed by atoms with Gasteiger partial charge in [0.25, 0.3) is 0 Å². The van der Waals surface area contributed by atoms with E-state index in [0.717, 1.165) is 19.6 Å². The van der Waals surface area contributed by atoms with Crippen molar-refractivity contribution in [2.24, 2.45) is 5.41 Å². The van der Waals surface area contributed by atoms with Gasteiger partial charge >= 0.3 is 0 Å². The summed E-state index contributed by atoms with van der Waals surface area (Å²) in [5.74, 6) is 6.07. The molecule has 1 atom stereocenters. The van der Waals surface area contributed by atoms with Crippen molar-refractivity contribution in [3.05, 3.63) is 0 Å². The van der Waals surface area contributed by atoms with Crippen LogP contribution in [0.5, 0.6) is 0 Å². The fourth-order valence-electron chi connectivity index (χ4n) is 1.07. The summed E-state index contributed by atoms with van der Waals surface area (Å²) in [5, 5.41) is 0. The van der Waals surface area contributed by atoms with Crippen LogP contribution in [0.3, 0.4) is 0 Å². The summed E-state index contributed by atoms with van der Waals surface area (Å²) in [6.07, 6.45) is 1.09. The number of ether oxygens (including phenoxy) is 1. The average Bonchev–Trinajstić information content (AvgIpc) is 2.16. The lowest BCUT2D eigenvalue weighted by Gasteiger charge is -2.11. The summed E-state index contributed by atoms with van der Waals surface area (Å²) in [6.45, 7) is 5.72. The highest BCUT2D eigenvalue weighted by molar-refractivity contribution is 5.10. The highest BCUT2D eigenvalue weighted by atomic mass is 16.5. The molecule has 0 amide bonds. The maximum atomic E-state index is 5.21. The van der Waals surface area contributed by atoms with Gasteiger partial charge < -0.3 is 4.74 Å². The van der Waals surface area contributed by atoms with Crippen LogP contribution in [0.25, 0.3) is 0 Å². The highest BCUT2D eigenvalue weighted by Crippen LogP contribution is 2.26. The summed E-state index contributed by atoms with van der Waals surface area (Å²) in [5.41, 5.74) is 0.161. The van der Waals surface area contributed by atoms with E-state index in [1.807, 2.05) is 6.92 Å². The third-order valence-electron chi connectivity index (χ3n) is 1.65. The Bertz CT molecular complexity index is 144. The van der Waals surface area contributed by atoms with E-state index in [1.165, 1.54) is 0 Å². The third-order valence-corrected chi connectivity index (χ3v) is 1.65. The standard InChI is InChI=1S/C8H12O/c1-3-4-8(2)5-6-9-7-8/h5-7H2,1-2H3. The van der Waals surface area contributed by atoms with Gasteiger partial charge in [-0.05, 0) is 20.3 Å². The molecule has 0 aromatic heterocycles. The van der Waals surface area contributed by atoms with E-state index in [0.29, 0.717) is 0 Å². The van der Waals surface area contributed by atoms with Gasteiger partial charge in [0.2, 0.25) is 0 Å². The predicted octanol–water partition coefficient (Wildman–Crippen LogP) is 1.44. The lowest BCUT2D eigenvalue weighted by atomic mass is 9.91. The van der Waals surface area contributed by atoms with Crippen molar-refractivity contribution in [3.8, 4) is 11.8 Å². The molecule has 1 fully saturated rings. The van der Waals surface area contributed by atoms with Crippen molar-refractivity contribution in [1.29, 1.82) is 0 Å². The molecule has 9 heavy (non-hydrogen) atoms. The maximum Gasteiger partial charge on any atom is 0.0630 e. The second-order valence-electron chi connectivity index (χ2n) is 2.74. The lowest BCUT2D eigenvalue weighted by Crippen LogP contribution is -2.12. The van der Waals surface area contributed by atoms with E-state index in [4.69, 9.17) is 4.74 Å². The molecule has 1 heterocycles. The molecule has 1 rings (SSSR count). The summed E-state index contributed by atoms with van der Waals surface area (Å²) >= 11 is 0. The number of hydrogen-bond acceptors (Lipinski definition) is 1. The molecule has 0 aliphatic carbocycles. The molecule has 1 aliphatic heterocycles. The average molecular weight is 124 g/mol. The van der Waals surface area contributed by atoms with Crippen molar-refractivity contribution in [2.45, 2.75) is 20.3 Å².